The van der Waals surface area contributed by atoms with Crippen molar-refractivity contribution in [2.45, 2.75) is 65.0 Å². The number of rotatable bonds is 4. The van der Waals surface area contributed by atoms with Crippen LogP contribution in [0.1, 0.15) is 53.9 Å². The highest BCUT2D eigenvalue weighted by Gasteiger charge is 2.39. The van der Waals surface area contributed by atoms with Crippen molar-refractivity contribution in [3.8, 4) is 0 Å². The molecule has 1 aliphatic carbocycles. The summed E-state index contributed by atoms with van der Waals surface area (Å²) >= 11 is 0. The van der Waals surface area contributed by atoms with Crippen LogP contribution in [0.5, 0.6) is 0 Å². The molecule has 0 unspecified atom stereocenters. The lowest BCUT2D eigenvalue weighted by atomic mass is 9.81. The molecule has 0 aliphatic heterocycles. The summed E-state index contributed by atoms with van der Waals surface area (Å²) in [7, 11) is 0. The highest BCUT2D eigenvalue weighted by molar-refractivity contribution is 5.02. The quantitative estimate of drug-likeness (QED) is 0.727. The zero-order chi connectivity index (χ0) is 11.0. The Morgan fingerprint density at radius 1 is 1.14 bits per heavy atom. The molecule has 2 heteroatoms. The lowest BCUT2D eigenvalue weighted by Crippen LogP contribution is -2.48. The zero-order valence-corrected chi connectivity index (χ0v) is 10.4. The first-order chi connectivity index (χ1) is 6.12. The van der Waals surface area contributed by atoms with Crippen molar-refractivity contribution < 1.29 is 0 Å². The lowest BCUT2D eigenvalue weighted by Gasteiger charge is -2.34. The molecule has 0 radical (unpaired) electrons. The van der Waals surface area contributed by atoms with E-state index in [1.54, 1.807) is 0 Å². The summed E-state index contributed by atoms with van der Waals surface area (Å²) < 4.78 is 0. The molecule has 0 amide bonds. The van der Waals surface area contributed by atoms with Crippen LogP contribution in [0.2, 0.25) is 0 Å². The highest BCUT2D eigenvalue weighted by atomic mass is 15.0. The van der Waals surface area contributed by atoms with E-state index in [9.17, 15) is 0 Å². The van der Waals surface area contributed by atoms with Crippen molar-refractivity contribution in [3.63, 3.8) is 0 Å². The van der Waals surface area contributed by atoms with Gasteiger partial charge in [-0.25, -0.2) is 0 Å². The molecular weight excluding hydrogens is 172 g/mol. The Labute approximate surface area is 88.6 Å². The maximum atomic E-state index is 6.06. The van der Waals surface area contributed by atoms with Crippen LogP contribution in [0.15, 0.2) is 0 Å². The van der Waals surface area contributed by atoms with Crippen molar-refractivity contribution >= 4 is 0 Å². The van der Waals surface area contributed by atoms with Crippen molar-refractivity contribution in [2.24, 2.45) is 11.1 Å². The van der Waals surface area contributed by atoms with Gasteiger partial charge in [-0.3, -0.25) is 0 Å². The first-order valence-corrected chi connectivity index (χ1v) is 5.66. The Morgan fingerprint density at radius 3 is 2.00 bits per heavy atom. The average Bonchev–Trinajstić information content (AvgIpc) is 2.61. The summed E-state index contributed by atoms with van der Waals surface area (Å²) in [6.07, 6.45) is 3.55. The van der Waals surface area contributed by atoms with E-state index in [0.29, 0.717) is 5.41 Å². The van der Waals surface area contributed by atoms with Gasteiger partial charge in [-0.1, -0.05) is 20.8 Å². The van der Waals surface area contributed by atoms with E-state index < -0.39 is 0 Å². The Kier molecular flexibility index (Phi) is 2.99. The van der Waals surface area contributed by atoms with Gasteiger partial charge in [0.1, 0.15) is 0 Å². The summed E-state index contributed by atoms with van der Waals surface area (Å²) in [6.45, 7) is 12.4. The van der Waals surface area contributed by atoms with Crippen molar-refractivity contribution in [2.75, 3.05) is 6.54 Å². The second-order valence-electron chi connectivity index (χ2n) is 6.84. The summed E-state index contributed by atoms with van der Waals surface area (Å²) in [5, 5.41) is 3.59. The number of hydrogen-bond donors (Lipinski definition) is 2. The van der Waals surface area contributed by atoms with E-state index in [1.807, 2.05) is 0 Å². The fraction of sp³-hybridized carbons (Fsp3) is 1.00. The molecule has 0 aromatic rings. The van der Waals surface area contributed by atoms with Crippen LogP contribution in [-0.2, 0) is 0 Å². The summed E-state index contributed by atoms with van der Waals surface area (Å²) in [4.78, 5) is 0. The molecule has 0 heterocycles. The van der Waals surface area contributed by atoms with Gasteiger partial charge in [-0.15, -0.1) is 0 Å². The van der Waals surface area contributed by atoms with Gasteiger partial charge in [-0.2, -0.15) is 0 Å². The molecule has 1 aliphatic rings. The van der Waals surface area contributed by atoms with Crippen LogP contribution in [0.3, 0.4) is 0 Å². The molecule has 0 spiro atoms. The van der Waals surface area contributed by atoms with Crippen LogP contribution in [0, 0.1) is 5.41 Å². The third-order valence-electron chi connectivity index (χ3n) is 2.78. The molecule has 0 aromatic carbocycles. The van der Waals surface area contributed by atoms with Crippen LogP contribution < -0.4 is 11.1 Å². The van der Waals surface area contributed by atoms with Crippen LogP contribution in [0.25, 0.3) is 0 Å². The third kappa shape index (κ3) is 4.43. The zero-order valence-electron chi connectivity index (χ0n) is 10.4. The van der Waals surface area contributed by atoms with Gasteiger partial charge in [0.25, 0.3) is 0 Å². The van der Waals surface area contributed by atoms with Gasteiger partial charge in [0, 0.05) is 17.6 Å². The van der Waals surface area contributed by atoms with E-state index in [-0.39, 0.29) is 11.1 Å². The summed E-state index contributed by atoms with van der Waals surface area (Å²) in [5.41, 5.74) is 6.75. The second kappa shape index (κ2) is 3.49. The largest absolute Gasteiger partial charge is 0.324 e. The van der Waals surface area contributed by atoms with Crippen LogP contribution >= 0.6 is 0 Å². The fourth-order valence-electron chi connectivity index (χ4n) is 2.14. The van der Waals surface area contributed by atoms with E-state index in [4.69, 9.17) is 5.73 Å². The molecule has 2 nitrogen and oxygen atoms in total. The van der Waals surface area contributed by atoms with Crippen LogP contribution in [-0.4, -0.2) is 17.6 Å². The Bertz CT molecular complexity index is 197. The molecule has 14 heavy (non-hydrogen) atoms. The van der Waals surface area contributed by atoms with Crippen molar-refractivity contribution in [1.29, 1.82) is 0 Å². The maximum Gasteiger partial charge on any atom is 0.0282 e. The molecular formula is C12H26N2. The van der Waals surface area contributed by atoms with Crippen LogP contribution in [0.4, 0.5) is 0 Å². The maximum absolute atomic E-state index is 6.06. The van der Waals surface area contributed by atoms with E-state index in [1.165, 1.54) is 19.3 Å². The molecule has 0 saturated heterocycles. The number of hydrogen-bond acceptors (Lipinski definition) is 2. The number of nitrogens with one attached hydrogen (secondary N) is 1. The predicted molar refractivity (Wildman–Crippen MR) is 62.3 cm³/mol. The standard InChI is InChI=1S/C12H26N2/c1-10(2,3)8-11(4,5)14-9-12(13)6-7-12/h14H,6-9,13H2,1-5H3. The predicted octanol–water partition coefficient (Wildman–Crippen LogP) is 2.28. The lowest BCUT2D eigenvalue weighted by molar-refractivity contribution is 0.237. The van der Waals surface area contributed by atoms with Gasteiger partial charge in [0.2, 0.25) is 0 Å². The summed E-state index contributed by atoms with van der Waals surface area (Å²) in [6, 6.07) is 0. The molecule has 0 bridgehead atoms. The normalized spacial score (nSPS) is 21.0. The van der Waals surface area contributed by atoms with E-state index in [2.05, 4.69) is 39.9 Å². The average molecular weight is 198 g/mol. The van der Waals surface area contributed by atoms with E-state index >= 15 is 0 Å². The fourth-order valence-corrected chi connectivity index (χ4v) is 2.14. The first kappa shape index (κ1) is 12.0. The smallest absolute Gasteiger partial charge is 0.0282 e. The van der Waals surface area contributed by atoms with Gasteiger partial charge >= 0.3 is 0 Å². The van der Waals surface area contributed by atoms with Crippen molar-refractivity contribution in [3.05, 3.63) is 0 Å². The molecule has 0 aromatic heterocycles. The first-order valence-electron chi connectivity index (χ1n) is 5.66. The van der Waals surface area contributed by atoms with Gasteiger partial charge in [-0.05, 0) is 38.5 Å². The minimum atomic E-state index is 0.120. The van der Waals surface area contributed by atoms with Crippen molar-refractivity contribution in [1.82, 2.24) is 5.32 Å². The molecule has 1 saturated carbocycles. The number of nitrogens with two attached hydrogens (primary N) is 1. The minimum absolute atomic E-state index is 0.120. The molecule has 84 valence electrons. The van der Waals surface area contributed by atoms with Gasteiger partial charge in [0.15, 0.2) is 0 Å². The third-order valence-corrected chi connectivity index (χ3v) is 2.78. The topological polar surface area (TPSA) is 38.0 Å². The SMILES string of the molecule is CC(C)(C)CC(C)(C)NCC1(N)CC1. The monoisotopic (exact) mass is 198 g/mol. The summed E-state index contributed by atoms with van der Waals surface area (Å²) in [5.74, 6) is 0. The Hall–Kier alpha value is -0.0800. The Balaban J connectivity index is 2.33. The molecule has 3 N–H and O–H groups in total. The molecule has 1 rings (SSSR count). The molecule has 1 fully saturated rings. The second-order valence-corrected chi connectivity index (χ2v) is 6.84. The van der Waals surface area contributed by atoms with Gasteiger partial charge in [0.05, 0.1) is 0 Å². The highest BCUT2D eigenvalue weighted by Crippen LogP contribution is 2.33. The minimum Gasteiger partial charge on any atom is -0.324 e. The Morgan fingerprint density at radius 2 is 1.64 bits per heavy atom. The van der Waals surface area contributed by atoms with E-state index in [0.717, 1.165) is 6.54 Å². The molecule has 0 atom stereocenters. The van der Waals surface area contributed by atoms with Gasteiger partial charge < -0.3 is 11.1 Å².